The highest BCUT2D eigenvalue weighted by atomic mass is 19.1. The van der Waals surface area contributed by atoms with E-state index in [1.54, 1.807) is 6.07 Å². The van der Waals surface area contributed by atoms with Gasteiger partial charge in [0.1, 0.15) is 12.2 Å². The zero-order chi connectivity index (χ0) is 13.4. The normalized spacial score (nSPS) is 9.33. The number of benzene rings is 1. The predicted molar refractivity (Wildman–Crippen MR) is 62.0 cm³/mol. The molecular formula is C12H12FN3O2. The summed E-state index contributed by atoms with van der Waals surface area (Å²) in [4.78, 5) is 22.4. The van der Waals surface area contributed by atoms with Crippen LogP contribution in [-0.4, -0.2) is 24.9 Å². The molecule has 1 aromatic carbocycles. The maximum atomic E-state index is 12.8. The largest absolute Gasteiger partial charge is 0.353 e. The molecule has 0 bridgehead atoms. The Hall–Kier alpha value is -2.42. The molecule has 0 atom stereocenters. The van der Waals surface area contributed by atoms with Crippen LogP contribution in [0, 0.1) is 17.1 Å². The number of amides is 2. The van der Waals surface area contributed by atoms with E-state index in [4.69, 9.17) is 5.26 Å². The number of nitrogens with zero attached hydrogens (tertiary/aromatic N) is 1. The molecular weight excluding hydrogens is 237 g/mol. The number of carbonyl (C=O) groups excluding carboxylic acids is 2. The number of nitriles is 1. The number of halogens is 1. The van der Waals surface area contributed by atoms with Crippen molar-refractivity contribution in [2.24, 2.45) is 0 Å². The average Bonchev–Trinajstić information content (AvgIpc) is 2.35. The van der Waals surface area contributed by atoms with Gasteiger partial charge in [0.05, 0.1) is 6.07 Å². The molecule has 6 heteroatoms. The fourth-order valence-corrected chi connectivity index (χ4v) is 1.24. The Bertz CT molecular complexity index is 482. The van der Waals surface area contributed by atoms with E-state index in [2.05, 4.69) is 10.6 Å². The molecule has 5 nitrogen and oxygen atoms in total. The van der Waals surface area contributed by atoms with Crippen LogP contribution in [0.3, 0.4) is 0 Å². The van der Waals surface area contributed by atoms with Gasteiger partial charge in [-0.15, -0.1) is 0 Å². The molecule has 0 unspecified atom stereocenters. The zero-order valence-electron chi connectivity index (χ0n) is 9.57. The van der Waals surface area contributed by atoms with Gasteiger partial charge in [0, 0.05) is 18.7 Å². The van der Waals surface area contributed by atoms with Gasteiger partial charge in [0.25, 0.3) is 5.91 Å². The molecule has 0 spiro atoms. The third-order valence-electron chi connectivity index (χ3n) is 2.06. The first-order valence-corrected chi connectivity index (χ1v) is 5.31. The predicted octanol–water partition coefficient (Wildman–Crippen LogP) is 0.585. The van der Waals surface area contributed by atoms with E-state index in [1.807, 2.05) is 0 Å². The third kappa shape index (κ3) is 4.61. The summed E-state index contributed by atoms with van der Waals surface area (Å²) in [6.07, 6.45) is -0.210. The monoisotopic (exact) mass is 249 g/mol. The van der Waals surface area contributed by atoms with Gasteiger partial charge in [0.15, 0.2) is 0 Å². The van der Waals surface area contributed by atoms with Crippen molar-refractivity contribution >= 4 is 11.8 Å². The Balaban J connectivity index is 2.30. The number of rotatable bonds is 5. The summed E-state index contributed by atoms with van der Waals surface area (Å²) >= 11 is 0. The van der Waals surface area contributed by atoms with E-state index in [0.717, 1.165) is 6.07 Å². The molecule has 0 aliphatic carbocycles. The maximum absolute atomic E-state index is 12.8. The van der Waals surface area contributed by atoms with Crippen molar-refractivity contribution in [2.75, 3.05) is 13.1 Å². The lowest BCUT2D eigenvalue weighted by Crippen LogP contribution is -2.34. The molecule has 0 aliphatic heterocycles. The highest BCUT2D eigenvalue weighted by Gasteiger charge is 2.05. The molecule has 0 radical (unpaired) electrons. The summed E-state index contributed by atoms with van der Waals surface area (Å²) in [6, 6.07) is 7.02. The van der Waals surface area contributed by atoms with Crippen molar-refractivity contribution in [3.63, 3.8) is 0 Å². The second-order valence-electron chi connectivity index (χ2n) is 3.45. The second-order valence-corrected chi connectivity index (χ2v) is 3.45. The molecule has 18 heavy (non-hydrogen) atoms. The highest BCUT2D eigenvalue weighted by Crippen LogP contribution is 2.02. The lowest BCUT2D eigenvalue weighted by Gasteiger charge is -2.06. The van der Waals surface area contributed by atoms with Crippen LogP contribution in [0.2, 0.25) is 0 Å². The fraction of sp³-hybridized carbons (Fsp3) is 0.250. The standard InChI is InChI=1S/C12H12FN3O2/c13-10-3-1-2-9(8-10)12(18)16-7-6-15-11(17)4-5-14/h1-3,8H,4,6-7H2,(H,15,17)(H,16,18). The molecule has 94 valence electrons. The van der Waals surface area contributed by atoms with Crippen molar-refractivity contribution in [3.05, 3.63) is 35.6 Å². The van der Waals surface area contributed by atoms with Crippen molar-refractivity contribution in [1.29, 1.82) is 5.26 Å². The summed E-state index contributed by atoms with van der Waals surface area (Å²) in [7, 11) is 0. The van der Waals surface area contributed by atoms with Gasteiger partial charge >= 0.3 is 0 Å². The van der Waals surface area contributed by atoms with Gasteiger partial charge in [-0.05, 0) is 18.2 Å². The Kier molecular flexibility index (Phi) is 5.32. The molecule has 1 aromatic rings. The van der Waals surface area contributed by atoms with Crippen molar-refractivity contribution in [3.8, 4) is 6.07 Å². The Morgan fingerprint density at radius 3 is 2.67 bits per heavy atom. The Labute approximate surface area is 104 Å². The first-order valence-electron chi connectivity index (χ1n) is 5.31. The first-order chi connectivity index (χ1) is 8.63. The minimum Gasteiger partial charge on any atom is -0.353 e. The van der Waals surface area contributed by atoms with Crippen molar-refractivity contribution < 1.29 is 14.0 Å². The van der Waals surface area contributed by atoms with Crippen LogP contribution in [0.1, 0.15) is 16.8 Å². The van der Waals surface area contributed by atoms with Gasteiger partial charge in [0.2, 0.25) is 5.91 Å². The maximum Gasteiger partial charge on any atom is 0.251 e. The topological polar surface area (TPSA) is 82.0 Å². The van der Waals surface area contributed by atoms with Crippen molar-refractivity contribution in [1.82, 2.24) is 10.6 Å². The minimum absolute atomic E-state index is 0.210. The lowest BCUT2D eigenvalue weighted by molar-refractivity contribution is -0.120. The van der Waals surface area contributed by atoms with Crippen molar-refractivity contribution in [2.45, 2.75) is 6.42 Å². The summed E-state index contributed by atoms with van der Waals surface area (Å²) in [5.74, 6) is -1.29. The van der Waals surface area contributed by atoms with Crippen LogP contribution < -0.4 is 10.6 Å². The smallest absolute Gasteiger partial charge is 0.251 e. The SMILES string of the molecule is N#CCC(=O)NCCNC(=O)c1cccc(F)c1. The van der Waals surface area contributed by atoms with Crippen LogP contribution in [-0.2, 0) is 4.79 Å². The van der Waals surface area contributed by atoms with Crippen LogP contribution >= 0.6 is 0 Å². The van der Waals surface area contributed by atoms with E-state index in [9.17, 15) is 14.0 Å². The molecule has 1 rings (SSSR count). The van der Waals surface area contributed by atoms with Crippen LogP contribution in [0.25, 0.3) is 0 Å². The van der Waals surface area contributed by atoms with Gasteiger partial charge in [-0.25, -0.2) is 4.39 Å². The molecule has 0 heterocycles. The molecule has 0 saturated heterocycles. The second kappa shape index (κ2) is 7.01. The fourth-order valence-electron chi connectivity index (χ4n) is 1.24. The van der Waals surface area contributed by atoms with Gasteiger partial charge in [-0.3, -0.25) is 9.59 Å². The highest BCUT2D eigenvalue weighted by molar-refractivity contribution is 5.94. The molecule has 2 N–H and O–H groups in total. The quantitative estimate of drug-likeness (QED) is 0.749. The van der Waals surface area contributed by atoms with E-state index in [-0.39, 0.29) is 25.1 Å². The van der Waals surface area contributed by atoms with E-state index in [0.29, 0.717) is 0 Å². The molecule has 0 fully saturated rings. The van der Waals surface area contributed by atoms with Gasteiger partial charge in [-0.1, -0.05) is 6.07 Å². The molecule has 0 saturated carbocycles. The number of carbonyl (C=O) groups is 2. The van der Waals surface area contributed by atoms with Gasteiger partial charge < -0.3 is 10.6 Å². The minimum atomic E-state index is -0.482. The van der Waals surface area contributed by atoms with E-state index >= 15 is 0 Å². The zero-order valence-corrected chi connectivity index (χ0v) is 9.57. The number of hydrogen-bond donors (Lipinski definition) is 2. The summed E-state index contributed by atoms with van der Waals surface area (Å²) in [6.45, 7) is 0.439. The summed E-state index contributed by atoms with van der Waals surface area (Å²) < 4.78 is 12.8. The molecule has 0 aliphatic rings. The van der Waals surface area contributed by atoms with E-state index < -0.39 is 17.6 Å². The molecule has 2 amide bonds. The number of hydrogen-bond acceptors (Lipinski definition) is 3. The first kappa shape index (κ1) is 13.6. The lowest BCUT2D eigenvalue weighted by atomic mass is 10.2. The third-order valence-corrected chi connectivity index (χ3v) is 2.06. The Morgan fingerprint density at radius 1 is 1.28 bits per heavy atom. The van der Waals surface area contributed by atoms with Crippen LogP contribution in [0.4, 0.5) is 4.39 Å². The average molecular weight is 249 g/mol. The van der Waals surface area contributed by atoms with Gasteiger partial charge in [-0.2, -0.15) is 5.26 Å². The van der Waals surface area contributed by atoms with Crippen LogP contribution in [0.15, 0.2) is 24.3 Å². The molecule has 0 aromatic heterocycles. The number of nitrogens with one attached hydrogen (secondary N) is 2. The Morgan fingerprint density at radius 2 is 2.00 bits per heavy atom. The summed E-state index contributed by atoms with van der Waals surface area (Å²) in [5, 5.41) is 13.2. The summed E-state index contributed by atoms with van der Waals surface area (Å²) in [5.41, 5.74) is 0.221. The van der Waals surface area contributed by atoms with E-state index in [1.165, 1.54) is 18.2 Å². The van der Waals surface area contributed by atoms with Crippen LogP contribution in [0.5, 0.6) is 0 Å².